The number of nitrogens with one attached hydrogen (secondary N) is 2. The van der Waals surface area contributed by atoms with E-state index in [0.29, 0.717) is 0 Å². The zero-order valence-electron chi connectivity index (χ0n) is 13.9. The number of nitrogens with zero attached hydrogens (tertiary/aromatic N) is 2. The Morgan fingerprint density at radius 1 is 1.17 bits per heavy atom. The summed E-state index contributed by atoms with van der Waals surface area (Å²) in [6.45, 7) is 5.18. The molecule has 1 fully saturated rings. The summed E-state index contributed by atoms with van der Waals surface area (Å²) < 4.78 is 5.17. The minimum Gasteiger partial charge on any atom is -0.497 e. The van der Waals surface area contributed by atoms with Crippen LogP contribution in [0.5, 0.6) is 5.75 Å². The van der Waals surface area contributed by atoms with Gasteiger partial charge in [-0.25, -0.2) is 0 Å². The summed E-state index contributed by atoms with van der Waals surface area (Å²) in [6, 6.07) is 12.0. The van der Waals surface area contributed by atoms with Gasteiger partial charge < -0.3 is 19.9 Å². The Bertz CT molecular complexity index is 654. The van der Waals surface area contributed by atoms with Gasteiger partial charge in [-0.3, -0.25) is 4.98 Å². The van der Waals surface area contributed by atoms with Gasteiger partial charge in [-0.2, -0.15) is 0 Å². The third-order valence-electron chi connectivity index (χ3n) is 4.30. The van der Waals surface area contributed by atoms with Crippen LogP contribution in [0.25, 0.3) is 0 Å². The van der Waals surface area contributed by atoms with Crippen molar-refractivity contribution in [1.29, 1.82) is 0 Å². The standard InChI is InChI=1S/C18H22N4OS/c1-23-17-4-2-16(3-5-17)20-18(24)22-12-10-21(11-13-22)14-15-6-8-19-9-7-15/h2-9H,10-14H2,1H3,(H,20,24)/p+1. The van der Waals surface area contributed by atoms with E-state index >= 15 is 0 Å². The molecule has 1 aliphatic rings. The van der Waals surface area contributed by atoms with Crippen molar-refractivity contribution in [3.8, 4) is 5.75 Å². The van der Waals surface area contributed by atoms with Crippen molar-refractivity contribution < 1.29 is 9.64 Å². The maximum atomic E-state index is 5.55. The monoisotopic (exact) mass is 343 g/mol. The van der Waals surface area contributed by atoms with Gasteiger partial charge in [-0.05, 0) is 48.6 Å². The molecular weight excluding hydrogens is 320 g/mol. The van der Waals surface area contributed by atoms with Gasteiger partial charge >= 0.3 is 0 Å². The van der Waals surface area contributed by atoms with Gasteiger partial charge in [0.25, 0.3) is 0 Å². The molecule has 0 spiro atoms. The van der Waals surface area contributed by atoms with Crippen molar-refractivity contribution in [2.45, 2.75) is 6.54 Å². The topological polar surface area (TPSA) is 41.8 Å². The first kappa shape index (κ1) is 16.7. The molecule has 2 heterocycles. The number of benzene rings is 1. The van der Waals surface area contributed by atoms with Gasteiger partial charge in [-0.15, -0.1) is 0 Å². The number of aromatic nitrogens is 1. The number of thiocarbonyl (C=S) groups is 1. The predicted octanol–water partition coefficient (Wildman–Crippen LogP) is 1.19. The first-order chi connectivity index (χ1) is 11.7. The van der Waals surface area contributed by atoms with Crippen LogP contribution < -0.4 is 15.0 Å². The molecule has 2 N–H and O–H groups in total. The second-order valence-electron chi connectivity index (χ2n) is 5.93. The van der Waals surface area contributed by atoms with Gasteiger partial charge in [0.15, 0.2) is 5.11 Å². The number of methoxy groups -OCH3 is 1. The molecule has 1 aromatic heterocycles. The lowest BCUT2D eigenvalue weighted by molar-refractivity contribution is -0.917. The summed E-state index contributed by atoms with van der Waals surface area (Å²) >= 11 is 5.55. The lowest BCUT2D eigenvalue weighted by Crippen LogP contribution is -3.13. The van der Waals surface area contributed by atoms with Crippen molar-refractivity contribution in [2.24, 2.45) is 0 Å². The highest BCUT2D eigenvalue weighted by Crippen LogP contribution is 2.15. The highest BCUT2D eigenvalue weighted by atomic mass is 32.1. The SMILES string of the molecule is COc1ccc(NC(=S)N2CC[NH+](Cc3ccncc3)CC2)cc1. The van der Waals surface area contributed by atoms with Crippen LogP contribution >= 0.6 is 12.2 Å². The maximum Gasteiger partial charge on any atom is 0.173 e. The zero-order chi connectivity index (χ0) is 16.8. The Morgan fingerprint density at radius 2 is 1.83 bits per heavy atom. The van der Waals surface area contributed by atoms with Crippen LogP contribution in [0.15, 0.2) is 48.8 Å². The normalized spacial score (nSPS) is 15.1. The molecule has 5 nitrogen and oxygen atoms in total. The minimum absolute atomic E-state index is 0.795. The highest BCUT2D eigenvalue weighted by Gasteiger charge is 2.21. The predicted molar refractivity (Wildman–Crippen MR) is 99.4 cm³/mol. The van der Waals surface area contributed by atoms with Crippen LogP contribution in [0.2, 0.25) is 0 Å². The number of piperazine rings is 1. The number of hydrogen-bond acceptors (Lipinski definition) is 3. The Hall–Kier alpha value is -2.18. The van der Waals surface area contributed by atoms with E-state index in [9.17, 15) is 0 Å². The first-order valence-electron chi connectivity index (χ1n) is 8.17. The fourth-order valence-electron chi connectivity index (χ4n) is 2.87. The van der Waals surface area contributed by atoms with Crippen LogP contribution in [0, 0.1) is 0 Å². The number of hydrogen-bond donors (Lipinski definition) is 2. The first-order valence-corrected chi connectivity index (χ1v) is 8.58. The van der Waals surface area contributed by atoms with Crippen LogP contribution in [0.1, 0.15) is 5.56 Å². The molecule has 0 amide bonds. The Balaban J connectivity index is 1.47. The van der Waals surface area contributed by atoms with Crippen molar-refractivity contribution in [3.05, 3.63) is 54.4 Å². The third kappa shape index (κ3) is 4.43. The molecule has 2 aromatic rings. The van der Waals surface area contributed by atoms with E-state index < -0.39 is 0 Å². The lowest BCUT2D eigenvalue weighted by Gasteiger charge is -2.33. The molecule has 3 rings (SSSR count). The van der Waals surface area contributed by atoms with Crippen LogP contribution in [0.3, 0.4) is 0 Å². The minimum atomic E-state index is 0.795. The van der Waals surface area contributed by atoms with Crippen molar-refractivity contribution in [2.75, 3.05) is 38.6 Å². The summed E-state index contributed by atoms with van der Waals surface area (Å²) in [4.78, 5) is 7.91. The molecule has 0 atom stereocenters. The lowest BCUT2D eigenvalue weighted by atomic mass is 10.2. The Labute approximate surface area is 148 Å². The van der Waals surface area contributed by atoms with E-state index in [1.807, 2.05) is 36.7 Å². The summed E-state index contributed by atoms with van der Waals surface area (Å²) in [5, 5.41) is 4.11. The highest BCUT2D eigenvalue weighted by molar-refractivity contribution is 7.80. The zero-order valence-corrected chi connectivity index (χ0v) is 14.7. The summed E-state index contributed by atoms with van der Waals surface area (Å²) in [5.74, 6) is 0.847. The third-order valence-corrected chi connectivity index (χ3v) is 4.66. The number of rotatable bonds is 4. The molecule has 0 saturated carbocycles. The van der Waals surface area contributed by atoms with Crippen molar-refractivity contribution >= 4 is 23.0 Å². The van der Waals surface area contributed by atoms with E-state index in [0.717, 1.165) is 49.3 Å². The van der Waals surface area contributed by atoms with Gasteiger partial charge in [-0.1, -0.05) is 0 Å². The molecule has 1 aromatic carbocycles. The molecule has 0 radical (unpaired) electrons. The average Bonchev–Trinajstić information content (AvgIpc) is 2.64. The summed E-state index contributed by atoms with van der Waals surface area (Å²) in [6.07, 6.45) is 3.72. The number of anilines is 1. The quantitative estimate of drug-likeness (QED) is 0.817. The molecule has 24 heavy (non-hydrogen) atoms. The fraction of sp³-hybridized carbons (Fsp3) is 0.333. The van der Waals surface area contributed by atoms with Gasteiger partial charge in [0.2, 0.25) is 0 Å². The molecule has 0 aliphatic carbocycles. The molecule has 0 bridgehead atoms. The second kappa shape index (κ2) is 8.08. The van der Waals surface area contributed by atoms with Gasteiger partial charge in [0, 0.05) is 23.6 Å². The smallest absolute Gasteiger partial charge is 0.173 e. The van der Waals surface area contributed by atoms with Gasteiger partial charge in [0.05, 0.1) is 33.3 Å². The van der Waals surface area contributed by atoms with Crippen LogP contribution in [-0.2, 0) is 6.54 Å². The molecule has 1 saturated heterocycles. The van der Waals surface area contributed by atoms with E-state index in [1.165, 1.54) is 5.56 Å². The summed E-state index contributed by atoms with van der Waals surface area (Å²) in [5.41, 5.74) is 2.33. The average molecular weight is 343 g/mol. The van der Waals surface area contributed by atoms with Crippen molar-refractivity contribution in [1.82, 2.24) is 9.88 Å². The molecule has 0 unspecified atom stereocenters. The maximum absolute atomic E-state index is 5.55. The Kier molecular flexibility index (Phi) is 5.61. The number of pyridine rings is 1. The second-order valence-corrected chi connectivity index (χ2v) is 6.31. The van der Waals surface area contributed by atoms with Crippen LogP contribution in [-0.4, -0.2) is 48.3 Å². The number of quaternary nitrogens is 1. The molecule has 6 heteroatoms. The van der Waals surface area contributed by atoms with E-state index in [1.54, 1.807) is 12.0 Å². The van der Waals surface area contributed by atoms with E-state index in [4.69, 9.17) is 17.0 Å². The number of ether oxygens (including phenoxy) is 1. The molecular formula is C18H23N4OS+. The fourth-order valence-corrected chi connectivity index (χ4v) is 3.17. The molecule has 126 valence electrons. The van der Waals surface area contributed by atoms with Crippen LogP contribution in [0.4, 0.5) is 5.69 Å². The largest absolute Gasteiger partial charge is 0.497 e. The van der Waals surface area contributed by atoms with E-state index in [2.05, 4.69) is 27.3 Å². The molecule has 1 aliphatic heterocycles. The van der Waals surface area contributed by atoms with Crippen molar-refractivity contribution in [3.63, 3.8) is 0 Å². The Morgan fingerprint density at radius 3 is 2.46 bits per heavy atom. The van der Waals surface area contributed by atoms with E-state index in [-0.39, 0.29) is 0 Å². The summed E-state index contributed by atoms with van der Waals surface area (Å²) in [7, 11) is 1.67. The van der Waals surface area contributed by atoms with Gasteiger partial charge in [0.1, 0.15) is 12.3 Å².